The predicted molar refractivity (Wildman–Crippen MR) is 40.5 cm³/mol. The van der Waals surface area contributed by atoms with Gasteiger partial charge in [-0.3, -0.25) is 4.79 Å². The van der Waals surface area contributed by atoms with Gasteiger partial charge < -0.3 is 10.4 Å². The Morgan fingerprint density at radius 2 is 1.93 bits per heavy atom. The number of halogens is 3. The zero-order valence-corrected chi connectivity index (χ0v) is 7.18. The molecule has 0 radical (unpaired) electrons. The van der Waals surface area contributed by atoms with Gasteiger partial charge in [0.05, 0.1) is 0 Å². The third kappa shape index (κ3) is 4.48. The van der Waals surface area contributed by atoms with E-state index in [1.54, 1.807) is 0 Å². The van der Waals surface area contributed by atoms with Crippen LogP contribution in [0.1, 0.15) is 6.92 Å². The summed E-state index contributed by atoms with van der Waals surface area (Å²) in [4.78, 5) is 20.4. The maximum Gasteiger partial charge on any atom is 0.471 e. The van der Waals surface area contributed by atoms with Gasteiger partial charge in [0.15, 0.2) is 0 Å². The molecule has 1 amide bonds. The maximum absolute atomic E-state index is 11.6. The lowest BCUT2D eigenvalue weighted by atomic mass is 10.3. The molecule has 14 heavy (non-hydrogen) atoms. The Bertz CT molecular complexity index is 270. The third-order valence-corrected chi connectivity index (χ3v) is 1.27. The summed E-state index contributed by atoms with van der Waals surface area (Å²) in [5.74, 6) is -3.34. The Hall–Kier alpha value is -1.53. The molecule has 0 aromatic carbocycles. The molecule has 80 valence electrons. The first-order valence-corrected chi connectivity index (χ1v) is 3.50. The lowest BCUT2D eigenvalue weighted by Gasteiger charge is -2.05. The van der Waals surface area contributed by atoms with Crippen molar-refractivity contribution < 1.29 is 27.9 Å². The Morgan fingerprint density at radius 3 is 2.29 bits per heavy atom. The van der Waals surface area contributed by atoms with E-state index in [0.29, 0.717) is 0 Å². The Labute approximate surface area is 77.4 Å². The number of amides is 1. The van der Waals surface area contributed by atoms with Crippen LogP contribution in [-0.4, -0.2) is 29.7 Å². The molecule has 0 aromatic heterocycles. The van der Waals surface area contributed by atoms with Gasteiger partial charge in [-0.2, -0.15) is 13.2 Å². The number of carboxylic acid groups (broad SMARTS) is 1. The second kappa shape index (κ2) is 4.64. The molecule has 0 fully saturated rings. The molecule has 2 N–H and O–H groups in total. The van der Waals surface area contributed by atoms with Gasteiger partial charge in [-0.05, 0) is 6.92 Å². The van der Waals surface area contributed by atoms with Crippen LogP contribution in [0.25, 0.3) is 0 Å². The summed E-state index contributed by atoms with van der Waals surface area (Å²) >= 11 is 0. The number of rotatable bonds is 3. The lowest BCUT2D eigenvalue weighted by Crippen LogP contribution is -2.36. The van der Waals surface area contributed by atoms with Crippen molar-refractivity contribution in [1.82, 2.24) is 5.32 Å². The number of carbonyl (C=O) groups is 2. The maximum atomic E-state index is 11.6. The van der Waals surface area contributed by atoms with Crippen LogP contribution in [0.3, 0.4) is 0 Å². The van der Waals surface area contributed by atoms with E-state index in [9.17, 15) is 22.8 Å². The summed E-state index contributed by atoms with van der Waals surface area (Å²) in [6.45, 7) is 0.749. The third-order valence-electron chi connectivity index (χ3n) is 1.27. The molecule has 0 bridgehead atoms. The van der Waals surface area contributed by atoms with E-state index in [1.807, 2.05) is 0 Å². The second-order valence-corrected chi connectivity index (χ2v) is 2.40. The van der Waals surface area contributed by atoms with Crippen molar-refractivity contribution in [2.75, 3.05) is 6.54 Å². The average Bonchev–Trinajstić information content (AvgIpc) is 2.01. The molecule has 0 aliphatic rings. The highest BCUT2D eigenvalue weighted by molar-refractivity contribution is 5.86. The van der Waals surface area contributed by atoms with Crippen molar-refractivity contribution in [3.63, 3.8) is 0 Å². The van der Waals surface area contributed by atoms with Crippen LogP contribution in [0.5, 0.6) is 0 Å². The van der Waals surface area contributed by atoms with Gasteiger partial charge in [0, 0.05) is 12.1 Å². The predicted octanol–water partition coefficient (Wildman–Crippen LogP) is 0.696. The van der Waals surface area contributed by atoms with Gasteiger partial charge in [-0.15, -0.1) is 0 Å². The number of hydrogen-bond donors (Lipinski definition) is 2. The molecule has 0 atom stereocenters. The highest BCUT2D eigenvalue weighted by Crippen LogP contribution is 2.13. The minimum absolute atomic E-state index is 0.132. The topological polar surface area (TPSA) is 66.4 Å². The number of hydrogen-bond acceptors (Lipinski definition) is 2. The quantitative estimate of drug-likeness (QED) is 0.675. The normalized spacial score (nSPS) is 12.4. The zero-order valence-electron chi connectivity index (χ0n) is 7.18. The summed E-state index contributed by atoms with van der Waals surface area (Å²) in [6, 6.07) is 0. The highest BCUT2D eigenvalue weighted by atomic mass is 19.4. The van der Waals surface area contributed by atoms with Crippen molar-refractivity contribution in [2.45, 2.75) is 13.1 Å². The van der Waals surface area contributed by atoms with Crippen LogP contribution in [0, 0.1) is 0 Å². The fourth-order valence-electron chi connectivity index (χ4n) is 0.484. The van der Waals surface area contributed by atoms with Crippen LogP contribution in [-0.2, 0) is 9.59 Å². The fraction of sp³-hybridized carbons (Fsp3) is 0.429. The number of alkyl halides is 3. The summed E-state index contributed by atoms with van der Waals surface area (Å²) in [6.07, 6.45) is -3.96. The standard InChI is InChI=1S/C7H8F3NO3/c1-4(5(12)13)2-3-11-6(14)7(8,9)10/h2H,3H2,1H3,(H,11,14)(H,12,13)/b4-2+. The average molecular weight is 211 g/mol. The van der Waals surface area contributed by atoms with Gasteiger partial charge in [0.1, 0.15) is 0 Å². The molecule has 7 heteroatoms. The van der Waals surface area contributed by atoms with E-state index in [1.165, 1.54) is 12.2 Å². The van der Waals surface area contributed by atoms with Crippen LogP contribution in [0.2, 0.25) is 0 Å². The molecular formula is C7H8F3NO3. The zero-order chi connectivity index (χ0) is 11.4. The van der Waals surface area contributed by atoms with Crippen molar-refractivity contribution in [3.05, 3.63) is 11.6 Å². The molecule has 0 spiro atoms. The molecule has 0 unspecified atom stereocenters. The van der Waals surface area contributed by atoms with Crippen molar-refractivity contribution >= 4 is 11.9 Å². The minimum atomic E-state index is -4.94. The van der Waals surface area contributed by atoms with E-state index >= 15 is 0 Å². The Kier molecular flexibility index (Phi) is 4.13. The van der Waals surface area contributed by atoms with Crippen molar-refractivity contribution in [3.8, 4) is 0 Å². The van der Waals surface area contributed by atoms with Crippen LogP contribution in [0.4, 0.5) is 13.2 Å². The van der Waals surface area contributed by atoms with E-state index in [-0.39, 0.29) is 5.57 Å². The summed E-state index contributed by atoms with van der Waals surface area (Å²) < 4.78 is 34.7. The Balaban J connectivity index is 4.04. The fourth-order valence-corrected chi connectivity index (χ4v) is 0.484. The summed E-state index contributed by atoms with van der Waals surface area (Å²) in [7, 11) is 0. The number of aliphatic carboxylic acids is 1. The SMILES string of the molecule is C/C(=C\CNC(=O)C(F)(F)F)C(=O)O. The molecule has 0 aliphatic carbocycles. The van der Waals surface area contributed by atoms with E-state index in [4.69, 9.17) is 5.11 Å². The van der Waals surface area contributed by atoms with Crippen LogP contribution >= 0.6 is 0 Å². The highest BCUT2D eigenvalue weighted by Gasteiger charge is 2.37. The molecular weight excluding hydrogens is 203 g/mol. The molecule has 0 rings (SSSR count). The van der Waals surface area contributed by atoms with E-state index in [2.05, 4.69) is 0 Å². The van der Waals surface area contributed by atoms with Gasteiger partial charge in [-0.1, -0.05) is 6.08 Å². The number of carboxylic acids is 1. The van der Waals surface area contributed by atoms with E-state index < -0.39 is 24.6 Å². The molecule has 0 aromatic rings. The van der Waals surface area contributed by atoms with E-state index in [0.717, 1.165) is 6.08 Å². The molecule has 4 nitrogen and oxygen atoms in total. The number of nitrogens with one attached hydrogen (secondary N) is 1. The Morgan fingerprint density at radius 1 is 1.43 bits per heavy atom. The van der Waals surface area contributed by atoms with Crippen LogP contribution in [0.15, 0.2) is 11.6 Å². The van der Waals surface area contributed by atoms with Crippen molar-refractivity contribution in [2.24, 2.45) is 0 Å². The molecule has 0 heterocycles. The summed E-state index contributed by atoms with van der Waals surface area (Å²) in [5, 5.41) is 9.81. The van der Waals surface area contributed by atoms with Gasteiger partial charge >= 0.3 is 18.1 Å². The first-order chi connectivity index (χ1) is 6.25. The first kappa shape index (κ1) is 12.5. The molecule has 0 saturated heterocycles. The smallest absolute Gasteiger partial charge is 0.471 e. The lowest BCUT2D eigenvalue weighted by molar-refractivity contribution is -0.173. The van der Waals surface area contributed by atoms with Gasteiger partial charge in [0.2, 0.25) is 0 Å². The molecule has 0 aliphatic heterocycles. The van der Waals surface area contributed by atoms with Gasteiger partial charge in [-0.25, -0.2) is 4.79 Å². The monoisotopic (exact) mass is 211 g/mol. The minimum Gasteiger partial charge on any atom is -0.478 e. The second-order valence-electron chi connectivity index (χ2n) is 2.40. The summed E-state index contributed by atoms with van der Waals surface area (Å²) in [5.41, 5.74) is -0.132. The largest absolute Gasteiger partial charge is 0.478 e. The van der Waals surface area contributed by atoms with Gasteiger partial charge in [0.25, 0.3) is 0 Å². The first-order valence-electron chi connectivity index (χ1n) is 3.50. The van der Waals surface area contributed by atoms with Crippen molar-refractivity contribution in [1.29, 1.82) is 0 Å². The van der Waals surface area contributed by atoms with Crippen LogP contribution < -0.4 is 5.32 Å². The number of carbonyl (C=O) groups excluding carboxylic acids is 1. The molecule has 0 saturated carbocycles.